The molecule has 1 amide bonds. The smallest absolute Gasteiger partial charge is 0.255 e. The Morgan fingerprint density at radius 3 is 2.80 bits per heavy atom. The van der Waals surface area contributed by atoms with Crippen LogP contribution in [0.5, 0.6) is 0 Å². The highest BCUT2D eigenvalue weighted by Gasteiger charge is 2.27. The van der Waals surface area contributed by atoms with Gasteiger partial charge in [0.05, 0.1) is 10.7 Å². The van der Waals surface area contributed by atoms with Crippen LogP contribution in [0.3, 0.4) is 0 Å². The van der Waals surface area contributed by atoms with Gasteiger partial charge in [0.1, 0.15) is 0 Å². The second kappa shape index (κ2) is 7.23. The van der Waals surface area contributed by atoms with E-state index in [-0.39, 0.29) is 11.1 Å². The molecule has 0 saturated carbocycles. The van der Waals surface area contributed by atoms with Crippen LogP contribution in [0.2, 0.25) is 0 Å². The Hall–Kier alpha value is -2.40. The van der Waals surface area contributed by atoms with Gasteiger partial charge in [0.15, 0.2) is 0 Å². The molecule has 0 aliphatic carbocycles. The number of carbonyl (C=O) groups is 1. The largest absolute Gasteiger partial charge is 0.404 e. The number of aromatic nitrogens is 1. The highest BCUT2D eigenvalue weighted by Crippen LogP contribution is 2.31. The molecule has 1 atom stereocenters. The van der Waals surface area contributed by atoms with E-state index in [1.54, 1.807) is 0 Å². The Morgan fingerprint density at radius 2 is 2.12 bits per heavy atom. The lowest BCUT2D eigenvalue weighted by molar-refractivity contribution is -0.128. The Morgan fingerprint density at radius 1 is 1.36 bits per heavy atom. The molecule has 5 nitrogen and oxygen atoms in total. The van der Waals surface area contributed by atoms with E-state index in [4.69, 9.17) is 23.1 Å². The minimum atomic E-state index is -0.130. The summed E-state index contributed by atoms with van der Waals surface area (Å²) in [6.45, 7) is 1.38. The van der Waals surface area contributed by atoms with E-state index in [1.165, 1.54) is 28.9 Å². The molecule has 1 saturated heterocycles. The molecule has 1 aromatic carbocycles. The number of para-hydroxylation sites is 1. The molecule has 0 radical (unpaired) electrons. The van der Waals surface area contributed by atoms with Crippen molar-refractivity contribution >= 4 is 28.4 Å². The molecular formula is C19H23ClN4O. The van der Waals surface area contributed by atoms with Crippen LogP contribution in [-0.2, 0) is 11.8 Å². The van der Waals surface area contributed by atoms with Crippen LogP contribution >= 0.6 is 11.6 Å². The fraction of sp³-hybridized carbons (Fsp3) is 0.316. The van der Waals surface area contributed by atoms with Crippen LogP contribution < -0.4 is 11.5 Å². The number of hydrogen-bond donors (Lipinski definition) is 2. The second-order valence-electron chi connectivity index (χ2n) is 6.43. The summed E-state index contributed by atoms with van der Waals surface area (Å²) in [5.74, 6) is 0.168. The molecular weight excluding hydrogens is 336 g/mol. The first-order valence-corrected chi connectivity index (χ1v) is 8.77. The van der Waals surface area contributed by atoms with E-state index in [0.29, 0.717) is 24.6 Å². The molecule has 1 aliphatic heterocycles. The Kier molecular flexibility index (Phi) is 5.04. The third-order valence-electron chi connectivity index (χ3n) is 4.84. The number of hydrogen-bond acceptors (Lipinski definition) is 3. The molecule has 3 rings (SSSR count). The van der Waals surface area contributed by atoms with Gasteiger partial charge in [0.2, 0.25) is 0 Å². The summed E-state index contributed by atoms with van der Waals surface area (Å²) < 4.78 is 2.23. The number of likely N-dealkylation sites (tertiary alicyclic amines) is 1. The zero-order valence-corrected chi connectivity index (χ0v) is 15.0. The third kappa shape index (κ3) is 3.51. The van der Waals surface area contributed by atoms with Crippen molar-refractivity contribution in [2.24, 2.45) is 18.5 Å². The zero-order valence-electron chi connectivity index (χ0n) is 14.3. The summed E-state index contributed by atoms with van der Waals surface area (Å²) in [6, 6.07) is 10.6. The number of aryl methyl sites for hydroxylation is 1. The van der Waals surface area contributed by atoms with Gasteiger partial charge in [0.25, 0.3) is 5.91 Å². The van der Waals surface area contributed by atoms with Gasteiger partial charge in [-0.1, -0.05) is 29.8 Å². The highest BCUT2D eigenvalue weighted by molar-refractivity contribution is 6.29. The number of nitrogens with two attached hydrogens (primary N) is 2. The van der Waals surface area contributed by atoms with Gasteiger partial charge in [-0.15, -0.1) is 0 Å². The predicted octanol–water partition coefficient (Wildman–Crippen LogP) is 2.77. The second-order valence-corrected chi connectivity index (χ2v) is 6.87. The third-order valence-corrected chi connectivity index (χ3v) is 4.94. The van der Waals surface area contributed by atoms with E-state index in [2.05, 4.69) is 29.8 Å². The monoisotopic (exact) mass is 358 g/mol. The first-order chi connectivity index (χ1) is 12.0. The lowest BCUT2D eigenvalue weighted by Gasteiger charge is -2.33. The van der Waals surface area contributed by atoms with E-state index in [0.717, 1.165) is 12.8 Å². The van der Waals surface area contributed by atoms with Crippen molar-refractivity contribution in [3.8, 4) is 0 Å². The molecule has 0 spiro atoms. The van der Waals surface area contributed by atoms with Crippen LogP contribution in [0.4, 0.5) is 0 Å². The lowest BCUT2D eigenvalue weighted by atomic mass is 9.94. The van der Waals surface area contributed by atoms with Crippen LogP contribution in [0.1, 0.15) is 24.5 Å². The van der Waals surface area contributed by atoms with E-state index < -0.39 is 0 Å². The van der Waals surface area contributed by atoms with Gasteiger partial charge < -0.3 is 20.9 Å². The van der Waals surface area contributed by atoms with Crippen molar-refractivity contribution in [2.75, 3.05) is 13.1 Å². The summed E-state index contributed by atoms with van der Waals surface area (Å²) in [7, 11) is 2.08. The molecule has 6 heteroatoms. The van der Waals surface area contributed by atoms with Crippen LogP contribution in [0.15, 0.2) is 53.3 Å². The van der Waals surface area contributed by atoms with E-state index in [9.17, 15) is 4.79 Å². The molecule has 1 aliphatic rings. The number of amides is 1. The maximum absolute atomic E-state index is 12.7. The number of nitrogens with zero attached hydrogens (tertiary/aromatic N) is 2. The molecule has 1 fully saturated rings. The standard InChI is InChI=1S/C19H23ClN4O/c1-23-16-7-3-2-5-13(16)9-17(23)14-6-4-8-24(12-14)19(25)15(11-21)10-18(20)22/h2-3,5,7,9-11,14H,4,6,8,12,21-22H2,1H3/b15-11+,18-10-. The topological polar surface area (TPSA) is 77.3 Å². The Balaban J connectivity index is 1.84. The van der Waals surface area contributed by atoms with Gasteiger partial charge in [0, 0.05) is 43.5 Å². The van der Waals surface area contributed by atoms with Crippen molar-refractivity contribution in [1.82, 2.24) is 9.47 Å². The molecule has 132 valence electrons. The number of halogens is 1. The van der Waals surface area contributed by atoms with Gasteiger partial charge in [-0.3, -0.25) is 4.79 Å². The first-order valence-electron chi connectivity index (χ1n) is 8.39. The molecule has 1 aromatic heterocycles. The quantitative estimate of drug-likeness (QED) is 0.503. The fourth-order valence-electron chi connectivity index (χ4n) is 3.62. The first kappa shape index (κ1) is 17.4. The van der Waals surface area contributed by atoms with Crippen molar-refractivity contribution < 1.29 is 4.79 Å². The van der Waals surface area contributed by atoms with Crippen molar-refractivity contribution in [3.63, 3.8) is 0 Å². The molecule has 2 aromatic rings. The summed E-state index contributed by atoms with van der Waals surface area (Å²) in [4.78, 5) is 14.5. The molecule has 25 heavy (non-hydrogen) atoms. The zero-order chi connectivity index (χ0) is 18.0. The van der Waals surface area contributed by atoms with Crippen LogP contribution in [-0.4, -0.2) is 28.5 Å². The average molecular weight is 359 g/mol. The number of benzene rings is 1. The maximum atomic E-state index is 12.7. The molecule has 2 heterocycles. The predicted molar refractivity (Wildman–Crippen MR) is 102 cm³/mol. The fourth-order valence-corrected chi connectivity index (χ4v) is 3.73. The minimum Gasteiger partial charge on any atom is -0.404 e. The molecule has 0 bridgehead atoms. The van der Waals surface area contributed by atoms with Gasteiger partial charge in [-0.25, -0.2) is 0 Å². The highest BCUT2D eigenvalue weighted by atomic mass is 35.5. The Bertz CT molecular complexity index is 848. The molecule has 1 unspecified atom stereocenters. The average Bonchev–Trinajstić information content (AvgIpc) is 2.96. The normalized spacial score (nSPS) is 19.4. The van der Waals surface area contributed by atoms with Crippen molar-refractivity contribution in [3.05, 3.63) is 59.0 Å². The van der Waals surface area contributed by atoms with Gasteiger partial charge in [-0.05, 0) is 36.4 Å². The number of piperidine rings is 1. The number of rotatable bonds is 3. The summed E-state index contributed by atoms with van der Waals surface area (Å²) in [6.07, 6.45) is 4.68. The summed E-state index contributed by atoms with van der Waals surface area (Å²) in [5, 5.41) is 1.27. The summed E-state index contributed by atoms with van der Waals surface area (Å²) >= 11 is 5.69. The van der Waals surface area contributed by atoms with Crippen molar-refractivity contribution in [2.45, 2.75) is 18.8 Å². The summed E-state index contributed by atoms with van der Waals surface area (Å²) in [5.41, 5.74) is 13.8. The lowest BCUT2D eigenvalue weighted by Crippen LogP contribution is -2.40. The molecule has 4 N–H and O–H groups in total. The number of carbonyl (C=O) groups excluding carboxylic acids is 1. The van der Waals surface area contributed by atoms with E-state index >= 15 is 0 Å². The number of fused-ring (bicyclic) bond motifs is 1. The van der Waals surface area contributed by atoms with Crippen LogP contribution in [0, 0.1) is 0 Å². The van der Waals surface area contributed by atoms with Gasteiger partial charge >= 0.3 is 0 Å². The van der Waals surface area contributed by atoms with E-state index in [1.807, 2.05) is 17.0 Å². The Labute approximate surface area is 152 Å². The van der Waals surface area contributed by atoms with Crippen LogP contribution in [0.25, 0.3) is 10.9 Å². The minimum absolute atomic E-state index is 0.0484. The maximum Gasteiger partial charge on any atom is 0.255 e. The van der Waals surface area contributed by atoms with Gasteiger partial charge in [-0.2, -0.15) is 0 Å². The SMILES string of the molecule is Cn1c(C2CCCN(C(=O)C(/C=C(\N)Cl)=C/N)C2)cc2ccccc21. The van der Waals surface area contributed by atoms with Crippen molar-refractivity contribution in [1.29, 1.82) is 0 Å².